The van der Waals surface area contributed by atoms with Crippen LogP contribution in [-0.4, -0.2) is 26.3 Å². The second kappa shape index (κ2) is 6.24. The second-order valence-corrected chi connectivity index (χ2v) is 2.78. The highest BCUT2D eigenvalue weighted by molar-refractivity contribution is 9.11. The van der Waals surface area contributed by atoms with E-state index in [2.05, 4.69) is 21.2 Å². The largest absolute Gasteiger partial charge is 0.394 e. The van der Waals surface area contributed by atoms with E-state index in [1.165, 1.54) is 0 Å². The lowest BCUT2D eigenvalue weighted by Gasteiger charge is -2.09. The van der Waals surface area contributed by atoms with Crippen LogP contribution < -0.4 is 5.32 Å². The molecule has 64 valence electrons. The number of rotatable bonds is 4. The van der Waals surface area contributed by atoms with Crippen LogP contribution in [0.25, 0.3) is 0 Å². The predicted octanol–water partition coefficient (Wildman–Crippen LogP) is 1.45. The van der Waals surface area contributed by atoms with Gasteiger partial charge in [-0.05, 0) is 28.2 Å². The monoisotopic (exact) mass is 220 g/mol. The van der Waals surface area contributed by atoms with Gasteiger partial charge in [-0.2, -0.15) is 0 Å². The third-order valence-electron chi connectivity index (χ3n) is 1.00. The number of hydroxylamine groups is 2. The van der Waals surface area contributed by atoms with Crippen LogP contribution in [0.2, 0.25) is 0 Å². The van der Waals surface area contributed by atoms with Gasteiger partial charge >= 0.3 is 0 Å². The molecule has 11 heavy (non-hydrogen) atoms. The maximum Gasteiger partial charge on any atom is 0.0638 e. The Morgan fingerprint density at radius 3 is 2.73 bits per heavy atom. The summed E-state index contributed by atoms with van der Waals surface area (Å²) in [6.07, 6.45) is 5.52. The molecule has 0 aromatic rings. The zero-order chi connectivity index (χ0) is 8.69. The Hall–Kier alpha value is -0.480. The lowest BCUT2D eigenvalue weighted by Crippen LogP contribution is -2.07. The molecule has 0 atom stereocenters. The van der Waals surface area contributed by atoms with Gasteiger partial charge in [-0.3, -0.25) is 9.90 Å². The van der Waals surface area contributed by atoms with Crippen molar-refractivity contribution in [1.29, 1.82) is 0 Å². The van der Waals surface area contributed by atoms with Gasteiger partial charge in [0.15, 0.2) is 0 Å². The fourth-order valence-corrected chi connectivity index (χ4v) is 0.853. The van der Waals surface area contributed by atoms with Gasteiger partial charge in [-0.1, -0.05) is 0 Å². The molecular weight excluding hydrogens is 208 g/mol. The van der Waals surface area contributed by atoms with Gasteiger partial charge in [0.1, 0.15) is 0 Å². The summed E-state index contributed by atoms with van der Waals surface area (Å²) in [6, 6.07) is 0. The molecule has 4 heteroatoms. The Morgan fingerprint density at radius 1 is 1.64 bits per heavy atom. The second-order valence-electron chi connectivity index (χ2n) is 1.86. The standard InChI is InChI=1S/C7H13BrN2O/c1-9-5-4-7(8)6-10(2)11-3/h4-6,9H,1-3H3/b5-4+,7-6+. The molecule has 1 N–H and O–H groups in total. The molecular formula is C7H13BrN2O. The molecule has 0 saturated heterocycles. The molecule has 0 unspecified atom stereocenters. The summed E-state index contributed by atoms with van der Waals surface area (Å²) < 4.78 is 0.941. The summed E-state index contributed by atoms with van der Waals surface area (Å²) in [5.41, 5.74) is 0. The van der Waals surface area contributed by atoms with Crippen LogP contribution in [0.1, 0.15) is 0 Å². The van der Waals surface area contributed by atoms with E-state index in [1.54, 1.807) is 12.2 Å². The van der Waals surface area contributed by atoms with Gasteiger partial charge in [0.25, 0.3) is 0 Å². The number of allylic oxidation sites excluding steroid dienone is 2. The fraction of sp³-hybridized carbons (Fsp3) is 0.429. The van der Waals surface area contributed by atoms with E-state index in [0.717, 1.165) is 4.48 Å². The summed E-state index contributed by atoms with van der Waals surface area (Å²) in [5, 5.41) is 4.48. The highest BCUT2D eigenvalue weighted by Crippen LogP contribution is 2.06. The summed E-state index contributed by atoms with van der Waals surface area (Å²) >= 11 is 3.33. The lowest BCUT2D eigenvalue weighted by molar-refractivity contribution is -0.0646. The highest BCUT2D eigenvalue weighted by Gasteiger charge is 1.87. The van der Waals surface area contributed by atoms with Crippen molar-refractivity contribution in [2.24, 2.45) is 0 Å². The molecule has 0 radical (unpaired) electrons. The molecule has 0 saturated carbocycles. The van der Waals surface area contributed by atoms with Crippen LogP contribution in [0.5, 0.6) is 0 Å². The van der Waals surface area contributed by atoms with Crippen molar-refractivity contribution in [2.75, 3.05) is 21.2 Å². The molecule has 0 aromatic carbocycles. The van der Waals surface area contributed by atoms with Crippen LogP contribution in [0, 0.1) is 0 Å². The zero-order valence-corrected chi connectivity index (χ0v) is 8.55. The average Bonchev–Trinajstić information content (AvgIpc) is 2.00. The SMILES string of the molecule is CN/C=C/C(Br)=C\N(C)OC. The molecule has 0 rings (SSSR count). The van der Waals surface area contributed by atoms with E-state index in [9.17, 15) is 0 Å². The number of halogens is 1. The number of hydrogen-bond donors (Lipinski definition) is 1. The van der Waals surface area contributed by atoms with E-state index in [4.69, 9.17) is 4.84 Å². The lowest BCUT2D eigenvalue weighted by atomic mass is 10.5. The van der Waals surface area contributed by atoms with Crippen molar-refractivity contribution in [3.05, 3.63) is 23.0 Å². The normalized spacial score (nSPS) is 12.2. The first-order valence-electron chi connectivity index (χ1n) is 3.18. The number of nitrogens with one attached hydrogen (secondary N) is 1. The highest BCUT2D eigenvalue weighted by atomic mass is 79.9. The number of nitrogens with zero attached hydrogens (tertiary/aromatic N) is 1. The van der Waals surface area contributed by atoms with E-state index >= 15 is 0 Å². The Labute approximate surface area is 75.8 Å². The van der Waals surface area contributed by atoms with Gasteiger partial charge in [-0.25, -0.2) is 0 Å². The van der Waals surface area contributed by atoms with Crippen LogP contribution in [0.3, 0.4) is 0 Å². The van der Waals surface area contributed by atoms with Gasteiger partial charge in [0, 0.05) is 24.8 Å². The average molecular weight is 221 g/mol. The molecule has 0 amide bonds. The van der Waals surface area contributed by atoms with Crippen molar-refractivity contribution in [1.82, 2.24) is 10.4 Å². The molecule has 0 spiro atoms. The first kappa shape index (κ1) is 10.5. The van der Waals surface area contributed by atoms with Crippen molar-refractivity contribution in [3.63, 3.8) is 0 Å². The summed E-state index contributed by atoms with van der Waals surface area (Å²) in [6.45, 7) is 0. The van der Waals surface area contributed by atoms with Crippen molar-refractivity contribution in [2.45, 2.75) is 0 Å². The van der Waals surface area contributed by atoms with Gasteiger partial charge in [-0.15, -0.1) is 0 Å². The zero-order valence-electron chi connectivity index (χ0n) is 6.97. The molecule has 0 bridgehead atoms. The molecule has 0 fully saturated rings. The minimum atomic E-state index is 0.941. The Balaban J connectivity index is 3.89. The van der Waals surface area contributed by atoms with E-state index in [-0.39, 0.29) is 0 Å². The molecule has 3 nitrogen and oxygen atoms in total. The maximum atomic E-state index is 4.87. The molecule has 0 aliphatic carbocycles. The first-order valence-corrected chi connectivity index (χ1v) is 3.98. The Kier molecular flexibility index (Phi) is 5.97. The summed E-state index contributed by atoms with van der Waals surface area (Å²) in [4.78, 5) is 4.87. The quantitative estimate of drug-likeness (QED) is 0.574. The minimum absolute atomic E-state index is 0.941. The third kappa shape index (κ3) is 5.94. The molecule has 0 aromatic heterocycles. The topological polar surface area (TPSA) is 24.5 Å². The molecule has 0 heterocycles. The third-order valence-corrected chi connectivity index (χ3v) is 1.47. The van der Waals surface area contributed by atoms with Crippen LogP contribution in [0.4, 0.5) is 0 Å². The van der Waals surface area contributed by atoms with E-state index in [0.29, 0.717) is 0 Å². The maximum absolute atomic E-state index is 4.87. The van der Waals surface area contributed by atoms with Gasteiger partial charge < -0.3 is 5.32 Å². The first-order chi connectivity index (χ1) is 5.20. The molecule has 0 aliphatic heterocycles. The number of hydrogen-bond acceptors (Lipinski definition) is 3. The van der Waals surface area contributed by atoms with Crippen LogP contribution in [-0.2, 0) is 4.84 Å². The summed E-state index contributed by atoms with van der Waals surface area (Å²) in [5.74, 6) is 0. The van der Waals surface area contributed by atoms with Crippen molar-refractivity contribution >= 4 is 15.9 Å². The fourth-order valence-electron chi connectivity index (χ4n) is 0.432. The van der Waals surface area contributed by atoms with Crippen molar-refractivity contribution in [3.8, 4) is 0 Å². The van der Waals surface area contributed by atoms with Gasteiger partial charge in [0.05, 0.1) is 7.11 Å². The Bertz CT molecular complexity index is 157. The van der Waals surface area contributed by atoms with E-state index < -0.39 is 0 Å². The van der Waals surface area contributed by atoms with Gasteiger partial charge in [0.2, 0.25) is 0 Å². The smallest absolute Gasteiger partial charge is 0.0638 e. The predicted molar refractivity (Wildman–Crippen MR) is 50.0 cm³/mol. The Morgan fingerprint density at radius 2 is 2.27 bits per heavy atom. The summed E-state index contributed by atoms with van der Waals surface area (Å²) in [7, 11) is 5.27. The van der Waals surface area contributed by atoms with E-state index in [1.807, 2.05) is 32.6 Å². The minimum Gasteiger partial charge on any atom is -0.394 e. The molecule has 0 aliphatic rings. The van der Waals surface area contributed by atoms with Crippen LogP contribution >= 0.6 is 15.9 Å². The van der Waals surface area contributed by atoms with Crippen LogP contribution in [0.15, 0.2) is 23.0 Å². The van der Waals surface area contributed by atoms with Crippen molar-refractivity contribution < 1.29 is 4.84 Å².